The molecule has 3 aromatic rings. The lowest BCUT2D eigenvalue weighted by Gasteiger charge is -2.27. The highest BCUT2D eigenvalue weighted by molar-refractivity contribution is 5.80. The van der Waals surface area contributed by atoms with Crippen LogP contribution in [0.5, 0.6) is 0 Å². The molecule has 0 bridgehead atoms. The van der Waals surface area contributed by atoms with Crippen LogP contribution in [0.25, 0.3) is 22.3 Å². The van der Waals surface area contributed by atoms with Crippen LogP contribution in [0.4, 0.5) is 0 Å². The van der Waals surface area contributed by atoms with Gasteiger partial charge in [0.2, 0.25) is 0 Å². The summed E-state index contributed by atoms with van der Waals surface area (Å²) in [5.41, 5.74) is 14.3. The van der Waals surface area contributed by atoms with Crippen molar-refractivity contribution in [2.24, 2.45) is 0 Å². The van der Waals surface area contributed by atoms with E-state index in [1.165, 1.54) is 55.6 Å². The quantitative estimate of drug-likeness (QED) is 0.390. The number of hydrogen-bond acceptors (Lipinski definition) is 0. The normalized spacial score (nSPS) is 12.3. The second kappa shape index (κ2) is 8.89. The van der Waals surface area contributed by atoms with Crippen LogP contribution in [0.3, 0.4) is 0 Å². The Morgan fingerprint density at radius 1 is 0.562 bits per heavy atom. The minimum Gasteiger partial charge on any atom is -0.0617 e. The number of rotatable bonds is 4. The van der Waals surface area contributed by atoms with Crippen molar-refractivity contribution in [3.05, 3.63) is 81.9 Å². The second-order valence-corrected chi connectivity index (χ2v) is 11.4. The molecular weight excluding hydrogens is 384 g/mol. The highest BCUT2D eigenvalue weighted by atomic mass is 14.3. The zero-order valence-electron chi connectivity index (χ0n) is 22.0. The van der Waals surface area contributed by atoms with Gasteiger partial charge in [-0.2, -0.15) is 0 Å². The second-order valence-electron chi connectivity index (χ2n) is 11.4. The monoisotopic (exact) mass is 426 g/mol. The Bertz CT molecular complexity index is 1040. The summed E-state index contributed by atoms with van der Waals surface area (Å²) in [6.45, 7) is 23.0. The molecule has 0 saturated heterocycles. The molecule has 0 heterocycles. The van der Waals surface area contributed by atoms with Crippen LogP contribution in [0.2, 0.25) is 0 Å². The predicted molar refractivity (Wildman–Crippen MR) is 143 cm³/mol. The van der Waals surface area contributed by atoms with Gasteiger partial charge in [-0.15, -0.1) is 0 Å². The molecule has 0 amide bonds. The fourth-order valence-electron chi connectivity index (χ4n) is 4.75. The van der Waals surface area contributed by atoms with E-state index in [2.05, 4.69) is 118 Å². The Kier molecular flexibility index (Phi) is 6.75. The number of hydrogen-bond donors (Lipinski definition) is 0. The van der Waals surface area contributed by atoms with Crippen molar-refractivity contribution in [3.8, 4) is 22.3 Å². The van der Waals surface area contributed by atoms with Gasteiger partial charge < -0.3 is 0 Å². The van der Waals surface area contributed by atoms with E-state index in [1.807, 2.05) is 0 Å². The fourth-order valence-corrected chi connectivity index (χ4v) is 4.75. The third kappa shape index (κ3) is 4.85. The maximum atomic E-state index is 2.45. The first-order chi connectivity index (χ1) is 14.9. The molecule has 0 aromatic heterocycles. The molecule has 0 spiro atoms. The van der Waals surface area contributed by atoms with Gasteiger partial charge in [0.1, 0.15) is 0 Å². The molecule has 0 radical (unpaired) electrons. The van der Waals surface area contributed by atoms with E-state index in [1.54, 1.807) is 0 Å². The average molecular weight is 427 g/mol. The Morgan fingerprint density at radius 3 is 1.34 bits per heavy atom. The standard InChI is InChI=1S/C32H42/c1-11-23-16-25(29-21(3)14-13-15-22(29)4)17-24(12-2)30(23)26-18-27(31(5,6)7)20-28(19-26)32(8,9)10/h13-20H,11-12H2,1-10H3. The molecule has 0 unspecified atom stereocenters. The van der Waals surface area contributed by atoms with E-state index in [9.17, 15) is 0 Å². The summed E-state index contributed by atoms with van der Waals surface area (Å²) in [7, 11) is 0. The maximum Gasteiger partial charge on any atom is -0.0119 e. The van der Waals surface area contributed by atoms with Crippen molar-refractivity contribution in [2.75, 3.05) is 0 Å². The van der Waals surface area contributed by atoms with Gasteiger partial charge in [-0.3, -0.25) is 0 Å². The van der Waals surface area contributed by atoms with E-state index in [0.29, 0.717) is 0 Å². The molecule has 0 fully saturated rings. The van der Waals surface area contributed by atoms with Crippen molar-refractivity contribution in [2.45, 2.75) is 92.9 Å². The van der Waals surface area contributed by atoms with Crippen LogP contribution in [0.1, 0.15) is 88.8 Å². The first-order valence-corrected chi connectivity index (χ1v) is 12.3. The van der Waals surface area contributed by atoms with Crippen molar-refractivity contribution in [3.63, 3.8) is 0 Å². The summed E-state index contributed by atoms with van der Waals surface area (Å²) in [6, 6.07) is 18.8. The van der Waals surface area contributed by atoms with Gasteiger partial charge in [-0.25, -0.2) is 0 Å². The smallest absolute Gasteiger partial charge is 0.0119 e. The molecule has 3 rings (SSSR count). The topological polar surface area (TPSA) is 0 Å². The molecule has 0 heteroatoms. The Balaban J connectivity index is 2.34. The molecule has 170 valence electrons. The molecule has 32 heavy (non-hydrogen) atoms. The zero-order chi connectivity index (χ0) is 23.8. The predicted octanol–water partition coefficient (Wildman–Crippen LogP) is 9.36. The fraction of sp³-hybridized carbons (Fsp3) is 0.438. The van der Waals surface area contributed by atoms with Crippen LogP contribution < -0.4 is 0 Å². The molecular formula is C32H42. The van der Waals surface area contributed by atoms with Gasteiger partial charge in [-0.1, -0.05) is 104 Å². The summed E-state index contributed by atoms with van der Waals surface area (Å²) in [5.74, 6) is 0. The molecule has 0 aliphatic heterocycles. The third-order valence-electron chi connectivity index (χ3n) is 6.79. The van der Waals surface area contributed by atoms with Crippen LogP contribution in [-0.4, -0.2) is 0 Å². The minimum absolute atomic E-state index is 0.118. The maximum absolute atomic E-state index is 2.45. The average Bonchev–Trinajstić information content (AvgIpc) is 2.71. The SMILES string of the molecule is CCc1cc(-c2c(C)cccc2C)cc(CC)c1-c1cc(C(C)(C)C)cc(C(C)(C)C)c1. The highest BCUT2D eigenvalue weighted by Crippen LogP contribution is 2.39. The third-order valence-corrected chi connectivity index (χ3v) is 6.79. The summed E-state index contributed by atoms with van der Waals surface area (Å²) in [6.07, 6.45) is 2.07. The van der Waals surface area contributed by atoms with Gasteiger partial charge in [0.05, 0.1) is 0 Å². The molecule has 0 saturated carbocycles. The first-order valence-electron chi connectivity index (χ1n) is 12.3. The number of aryl methyl sites for hydroxylation is 4. The Morgan fingerprint density at radius 2 is 0.969 bits per heavy atom. The van der Waals surface area contributed by atoms with E-state index >= 15 is 0 Å². The summed E-state index contributed by atoms with van der Waals surface area (Å²) in [4.78, 5) is 0. The summed E-state index contributed by atoms with van der Waals surface area (Å²) < 4.78 is 0. The van der Waals surface area contributed by atoms with Crippen molar-refractivity contribution < 1.29 is 0 Å². The van der Waals surface area contributed by atoms with Gasteiger partial charge in [-0.05, 0) is 93.2 Å². The van der Waals surface area contributed by atoms with E-state index < -0.39 is 0 Å². The van der Waals surface area contributed by atoms with Crippen LogP contribution >= 0.6 is 0 Å². The summed E-state index contributed by atoms with van der Waals surface area (Å²) in [5, 5.41) is 0. The lowest BCUT2D eigenvalue weighted by molar-refractivity contribution is 0.569. The van der Waals surface area contributed by atoms with Crippen LogP contribution in [0, 0.1) is 13.8 Å². The first kappa shape index (κ1) is 24.3. The van der Waals surface area contributed by atoms with Crippen LogP contribution in [0.15, 0.2) is 48.5 Å². The Hall–Kier alpha value is -2.34. The van der Waals surface area contributed by atoms with E-state index in [0.717, 1.165) is 12.8 Å². The molecule has 0 nitrogen and oxygen atoms in total. The van der Waals surface area contributed by atoms with Crippen molar-refractivity contribution in [1.29, 1.82) is 0 Å². The number of benzene rings is 3. The van der Waals surface area contributed by atoms with Crippen LogP contribution in [-0.2, 0) is 23.7 Å². The van der Waals surface area contributed by atoms with Crippen molar-refractivity contribution in [1.82, 2.24) is 0 Å². The van der Waals surface area contributed by atoms with E-state index in [4.69, 9.17) is 0 Å². The summed E-state index contributed by atoms with van der Waals surface area (Å²) >= 11 is 0. The Labute approximate surface area is 197 Å². The van der Waals surface area contributed by atoms with Gasteiger partial charge in [0.25, 0.3) is 0 Å². The molecule has 3 aromatic carbocycles. The molecule has 0 aliphatic carbocycles. The lowest BCUT2D eigenvalue weighted by Crippen LogP contribution is -2.16. The van der Waals surface area contributed by atoms with E-state index in [-0.39, 0.29) is 10.8 Å². The zero-order valence-corrected chi connectivity index (χ0v) is 22.0. The minimum atomic E-state index is 0.118. The van der Waals surface area contributed by atoms with Gasteiger partial charge in [0.15, 0.2) is 0 Å². The van der Waals surface area contributed by atoms with Crippen molar-refractivity contribution >= 4 is 0 Å². The lowest BCUT2D eigenvalue weighted by atomic mass is 9.77. The van der Waals surface area contributed by atoms with Gasteiger partial charge in [0, 0.05) is 0 Å². The highest BCUT2D eigenvalue weighted by Gasteiger charge is 2.23. The molecule has 0 atom stereocenters. The largest absolute Gasteiger partial charge is 0.0617 e. The van der Waals surface area contributed by atoms with Gasteiger partial charge >= 0.3 is 0 Å². The molecule has 0 N–H and O–H groups in total. The molecule has 0 aliphatic rings.